The zero-order valence-corrected chi connectivity index (χ0v) is 11.9. The average molecular weight is 326 g/mol. The summed E-state index contributed by atoms with van der Waals surface area (Å²) in [5.41, 5.74) is 2.19. The van der Waals surface area contributed by atoms with Crippen LogP contribution in [0.4, 0.5) is 5.69 Å². The maximum absolute atomic E-state index is 12.1. The van der Waals surface area contributed by atoms with Crippen LogP contribution >= 0.6 is 27.5 Å². The third-order valence-corrected chi connectivity index (χ3v) is 3.35. The monoisotopic (exact) mass is 324 g/mol. The van der Waals surface area contributed by atoms with Crippen molar-refractivity contribution in [1.29, 1.82) is 0 Å². The minimum absolute atomic E-state index is 0.199. The maximum Gasteiger partial charge on any atom is 0.256 e. The number of carbonyl (C=O) groups is 1. The lowest BCUT2D eigenvalue weighted by atomic mass is 10.2. The molecule has 0 aliphatic carbocycles. The largest absolute Gasteiger partial charge is 0.320 e. The van der Waals surface area contributed by atoms with Gasteiger partial charge in [-0.25, -0.2) is 0 Å². The number of nitrogens with one attached hydrogen (secondary N) is 1. The highest BCUT2D eigenvalue weighted by Gasteiger charge is 2.11. The Morgan fingerprint density at radius 2 is 2.17 bits per heavy atom. The lowest BCUT2D eigenvalue weighted by molar-refractivity contribution is 0.102. The molecule has 1 N–H and O–H groups in total. The van der Waals surface area contributed by atoms with Crippen molar-refractivity contribution in [3.05, 3.63) is 57.3 Å². The molecule has 2 aromatic rings. The van der Waals surface area contributed by atoms with Gasteiger partial charge in [-0.2, -0.15) is 0 Å². The summed E-state index contributed by atoms with van der Waals surface area (Å²) in [5, 5.41) is 3.39. The summed E-state index contributed by atoms with van der Waals surface area (Å²) in [6.07, 6.45) is 3.31. The SMILES string of the molecule is Cc1ccncc1NC(=O)c1ccc(Cl)cc1Br. The van der Waals surface area contributed by atoms with Crippen molar-refractivity contribution < 1.29 is 4.79 Å². The van der Waals surface area contributed by atoms with E-state index in [9.17, 15) is 4.79 Å². The number of halogens is 2. The molecule has 1 heterocycles. The van der Waals surface area contributed by atoms with Crippen molar-refractivity contribution >= 4 is 39.1 Å². The number of benzene rings is 1. The number of carbonyl (C=O) groups excluding carboxylic acids is 1. The Hall–Kier alpha value is -1.39. The summed E-state index contributed by atoms with van der Waals surface area (Å²) in [4.78, 5) is 16.1. The molecule has 1 aromatic heterocycles. The van der Waals surface area contributed by atoms with E-state index in [1.54, 1.807) is 30.6 Å². The molecule has 0 unspecified atom stereocenters. The molecule has 0 saturated heterocycles. The molecule has 0 aliphatic rings. The molecule has 0 bridgehead atoms. The zero-order valence-electron chi connectivity index (χ0n) is 9.58. The molecule has 1 aromatic carbocycles. The van der Waals surface area contributed by atoms with Crippen LogP contribution in [0.1, 0.15) is 15.9 Å². The Morgan fingerprint density at radius 3 is 2.83 bits per heavy atom. The summed E-state index contributed by atoms with van der Waals surface area (Å²) in [6.45, 7) is 1.91. The predicted molar refractivity (Wildman–Crippen MR) is 76.1 cm³/mol. The first-order chi connectivity index (χ1) is 8.58. The smallest absolute Gasteiger partial charge is 0.256 e. The second-order valence-electron chi connectivity index (χ2n) is 3.77. The van der Waals surface area contributed by atoms with Crippen molar-refractivity contribution in [3.8, 4) is 0 Å². The Bertz CT molecular complexity index is 601. The molecule has 1 amide bonds. The maximum atomic E-state index is 12.1. The molecule has 0 aliphatic heterocycles. The molecular weight excluding hydrogens is 316 g/mol. The van der Waals surface area contributed by atoms with Crippen LogP contribution in [0.15, 0.2) is 41.1 Å². The fourth-order valence-corrected chi connectivity index (χ4v) is 2.32. The van der Waals surface area contributed by atoms with Crippen LogP contribution in [0, 0.1) is 6.92 Å². The second-order valence-corrected chi connectivity index (χ2v) is 5.06. The second kappa shape index (κ2) is 5.50. The first-order valence-corrected chi connectivity index (χ1v) is 6.42. The number of nitrogens with zero attached hydrogens (tertiary/aromatic N) is 1. The highest BCUT2D eigenvalue weighted by atomic mass is 79.9. The first kappa shape index (κ1) is 13.1. The number of hydrogen-bond acceptors (Lipinski definition) is 2. The lowest BCUT2D eigenvalue weighted by Crippen LogP contribution is -2.13. The number of aryl methyl sites for hydroxylation is 1. The van der Waals surface area contributed by atoms with E-state index in [4.69, 9.17) is 11.6 Å². The van der Waals surface area contributed by atoms with E-state index >= 15 is 0 Å². The average Bonchev–Trinajstić information content (AvgIpc) is 2.32. The Morgan fingerprint density at radius 1 is 1.39 bits per heavy atom. The molecule has 3 nitrogen and oxygen atoms in total. The van der Waals surface area contributed by atoms with Crippen LogP contribution in [-0.4, -0.2) is 10.9 Å². The molecule has 0 spiro atoms. The molecule has 92 valence electrons. The number of hydrogen-bond donors (Lipinski definition) is 1. The fourth-order valence-electron chi connectivity index (χ4n) is 1.46. The van der Waals surface area contributed by atoms with Gasteiger partial charge in [0.2, 0.25) is 0 Å². The fraction of sp³-hybridized carbons (Fsp3) is 0.0769. The topological polar surface area (TPSA) is 42.0 Å². The van der Waals surface area contributed by atoms with Crippen LogP contribution < -0.4 is 5.32 Å². The van der Waals surface area contributed by atoms with Crippen molar-refractivity contribution in [1.82, 2.24) is 4.98 Å². The summed E-state index contributed by atoms with van der Waals surface area (Å²) in [6, 6.07) is 6.88. The molecule has 0 atom stereocenters. The van der Waals surface area contributed by atoms with Crippen LogP contribution in [0.25, 0.3) is 0 Å². The van der Waals surface area contributed by atoms with Crippen molar-refractivity contribution in [3.63, 3.8) is 0 Å². The third-order valence-electron chi connectivity index (χ3n) is 2.46. The Kier molecular flexibility index (Phi) is 3.99. The Labute approximate surface area is 118 Å². The normalized spacial score (nSPS) is 10.2. The van der Waals surface area contributed by atoms with Gasteiger partial charge in [0, 0.05) is 15.7 Å². The van der Waals surface area contributed by atoms with Gasteiger partial charge in [0.15, 0.2) is 0 Å². The number of amides is 1. The van der Waals surface area contributed by atoms with Crippen molar-refractivity contribution in [2.75, 3.05) is 5.32 Å². The number of rotatable bonds is 2. The minimum atomic E-state index is -0.199. The van der Waals surface area contributed by atoms with Crippen LogP contribution in [0.2, 0.25) is 5.02 Å². The van der Waals surface area contributed by atoms with E-state index in [0.717, 1.165) is 5.56 Å². The van der Waals surface area contributed by atoms with Crippen molar-refractivity contribution in [2.45, 2.75) is 6.92 Å². The van der Waals surface area contributed by atoms with Gasteiger partial charge in [-0.05, 0) is 52.7 Å². The van der Waals surface area contributed by atoms with Gasteiger partial charge in [-0.3, -0.25) is 9.78 Å². The molecule has 0 radical (unpaired) electrons. The van der Waals surface area contributed by atoms with Crippen LogP contribution in [0.5, 0.6) is 0 Å². The molecule has 18 heavy (non-hydrogen) atoms. The standard InChI is InChI=1S/C13H10BrClN2O/c1-8-4-5-16-7-12(8)17-13(18)10-3-2-9(15)6-11(10)14/h2-7H,1H3,(H,17,18). The van der Waals surface area contributed by atoms with E-state index in [-0.39, 0.29) is 5.91 Å². The van der Waals surface area contributed by atoms with Gasteiger partial charge in [-0.1, -0.05) is 11.6 Å². The summed E-state index contributed by atoms with van der Waals surface area (Å²) >= 11 is 9.15. The molecule has 0 saturated carbocycles. The van der Waals surface area contributed by atoms with Gasteiger partial charge in [0.25, 0.3) is 5.91 Å². The molecule has 2 rings (SSSR count). The van der Waals surface area contributed by atoms with Gasteiger partial charge in [-0.15, -0.1) is 0 Å². The highest BCUT2D eigenvalue weighted by molar-refractivity contribution is 9.10. The third kappa shape index (κ3) is 2.89. The summed E-state index contributed by atoms with van der Waals surface area (Å²) < 4.78 is 0.661. The molecule has 5 heteroatoms. The highest BCUT2D eigenvalue weighted by Crippen LogP contribution is 2.23. The predicted octanol–water partition coefficient (Wildman–Crippen LogP) is 4.06. The first-order valence-electron chi connectivity index (χ1n) is 5.25. The number of aromatic nitrogens is 1. The van der Waals surface area contributed by atoms with Gasteiger partial charge in [0.1, 0.15) is 0 Å². The van der Waals surface area contributed by atoms with E-state index in [2.05, 4.69) is 26.2 Å². The number of anilines is 1. The summed E-state index contributed by atoms with van der Waals surface area (Å²) in [7, 11) is 0. The van der Waals surface area contributed by atoms with E-state index in [1.807, 2.05) is 13.0 Å². The summed E-state index contributed by atoms with van der Waals surface area (Å²) in [5.74, 6) is -0.199. The number of pyridine rings is 1. The van der Waals surface area contributed by atoms with Gasteiger partial charge < -0.3 is 5.32 Å². The zero-order chi connectivity index (χ0) is 13.1. The molecule has 0 fully saturated rings. The lowest BCUT2D eigenvalue weighted by Gasteiger charge is -2.08. The quantitative estimate of drug-likeness (QED) is 0.905. The van der Waals surface area contributed by atoms with Gasteiger partial charge in [0.05, 0.1) is 17.4 Å². The van der Waals surface area contributed by atoms with Crippen LogP contribution in [0.3, 0.4) is 0 Å². The molecular formula is C13H10BrClN2O. The van der Waals surface area contributed by atoms with Gasteiger partial charge >= 0.3 is 0 Å². The Balaban J connectivity index is 2.25. The van der Waals surface area contributed by atoms with E-state index < -0.39 is 0 Å². The van der Waals surface area contributed by atoms with Crippen LogP contribution in [-0.2, 0) is 0 Å². The van der Waals surface area contributed by atoms with Crippen molar-refractivity contribution in [2.24, 2.45) is 0 Å². The van der Waals surface area contributed by atoms with E-state index in [1.165, 1.54) is 0 Å². The minimum Gasteiger partial charge on any atom is -0.320 e. The van der Waals surface area contributed by atoms with E-state index in [0.29, 0.717) is 20.7 Å².